The third kappa shape index (κ3) is 0.932. The Morgan fingerprint density at radius 3 is 3.00 bits per heavy atom. The zero-order valence-electron chi connectivity index (χ0n) is 7.16. The average molecular weight is 178 g/mol. The van der Waals surface area contributed by atoms with E-state index in [1.807, 2.05) is 23.4 Å². The maximum absolute atomic E-state index is 4.44. The van der Waals surface area contributed by atoms with Crippen molar-refractivity contribution in [2.45, 2.75) is 13.8 Å². The van der Waals surface area contributed by atoms with Crippen molar-refractivity contribution in [2.75, 3.05) is 0 Å². The van der Waals surface area contributed by atoms with Gasteiger partial charge in [0.25, 0.3) is 0 Å². The van der Waals surface area contributed by atoms with Crippen molar-refractivity contribution < 1.29 is 0 Å². The summed E-state index contributed by atoms with van der Waals surface area (Å²) >= 11 is 1.64. The van der Waals surface area contributed by atoms with Gasteiger partial charge in [0.05, 0.1) is 0 Å². The number of rotatable bonds is 0. The predicted molar refractivity (Wildman–Crippen MR) is 53.5 cm³/mol. The maximum atomic E-state index is 4.44. The van der Waals surface area contributed by atoms with Gasteiger partial charge in [0.2, 0.25) is 0 Å². The van der Waals surface area contributed by atoms with Crippen LogP contribution in [0.3, 0.4) is 0 Å². The Kier molecular flexibility index (Phi) is 1.61. The van der Waals surface area contributed by atoms with Crippen LogP contribution < -0.4 is 0 Å². The summed E-state index contributed by atoms with van der Waals surface area (Å²) in [5.74, 6) is 0. The summed E-state index contributed by atoms with van der Waals surface area (Å²) in [4.78, 5) is 6.46. The number of hydrogen-bond acceptors (Lipinski definition) is 3. The molecule has 2 aliphatic heterocycles. The van der Waals surface area contributed by atoms with Crippen molar-refractivity contribution in [3.63, 3.8) is 0 Å². The molecule has 0 fully saturated rings. The van der Waals surface area contributed by atoms with Crippen LogP contribution in [0, 0.1) is 0 Å². The van der Waals surface area contributed by atoms with Crippen LogP contribution in [0.15, 0.2) is 40.1 Å². The van der Waals surface area contributed by atoms with Gasteiger partial charge in [-0.15, -0.1) is 0 Å². The Morgan fingerprint density at radius 1 is 1.50 bits per heavy atom. The second kappa shape index (κ2) is 2.52. The van der Waals surface area contributed by atoms with Crippen molar-refractivity contribution in [3.05, 3.63) is 35.2 Å². The largest absolute Gasteiger partial charge is 0.296 e. The first-order valence-corrected chi connectivity index (χ1v) is 4.66. The van der Waals surface area contributed by atoms with E-state index in [2.05, 4.69) is 18.5 Å². The number of fused-ring (bicyclic) bond motifs is 1. The molecular weight excluding hydrogens is 168 g/mol. The van der Waals surface area contributed by atoms with Gasteiger partial charge in [0, 0.05) is 17.6 Å². The molecule has 0 atom stereocenters. The normalized spacial score (nSPS) is 21.7. The first-order chi connectivity index (χ1) is 5.70. The lowest BCUT2D eigenvalue weighted by molar-refractivity contribution is 0.705. The number of aliphatic imine (C=N–C) groups is 1. The molecule has 0 saturated carbocycles. The molecule has 3 heteroatoms. The van der Waals surface area contributed by atoms with Crippen LogP contribution in [-0.2, 0) is 0 Å². The Morgan fingerprint density at radius 2 is 2.25 bits per heavy atom. The van der Waals surface area contributed by atoms with Crippen molar-refractivity contribution in [1.29, 1.82) is 0 Å². The standard InChI is InChI=1S/C9H10N2S/c1-6-7(2)10-9-11(8(6)3)4-5-12-9/h4-5H,3H2,1-2H3. The lowest BCUT2D eigenvalue weighted by Crippen LogP contribution is -2.22. The van der Waals surface area contributed by atoms with Gasteiger partial charge in [-0.2, -0.15) is 0 Å². The Hall–Kier alpha value is -0.960. The fraction of sp³-hybridized carbons (Fsp3) is 0.222. The lowest BCUT2D eigenvalue weighted by atomic mass is 10.1. The zero-order chi connectivity index (χ0) is 8.72. The van der Waals surface area contributed by atoms with Crippen LogP contribution in [0.5, 0.6) is 0 Å². The number of nitrogens with zero attached hydrogens (tertiary/aromatic N) is 2. The van der Waals surface area contributed by atoms with Crippen molar-refractivity contribution in [1.82, 2.24) is 4.90 Å². The summed E-state index contributed by atoms with van der Waals surface area (Å²) in [5, 5.41) is 3.04. The molecule has 2 rings (SSSR count). The van der Waals surface area contributed by atoms with Gasteiger partial charge in [-0.25, -0.2) is 4.99 Å². The number of thioether (sulfide) groups is 1. The van der Waals surface area contributed by atoms with Crippen LogP contribution in [0.4, 0.5) is 0 Å². The average Bonchev–Trinajstić information content (AvgIpc) is 2.48. The molecule has 0 aromatic heterocycles. The molecule has 0 N–H and O–H groups in total. The Balaban J connectivity index is 2.48. The molecule has 12 heavy (non-hydrogen) atoms. The molecule has 62 valence electrons. The first kappa shape index (κ1) is 7.68. The second-order valence-corrected chi connectivity index (χ2v) is 3.70. The lowest BCUT2D eigenvalue weighted by Gasteiger charge is -2.24. The van der Waals surface area contributed by atoms with Gasteiger partial charge in [0.1, 0.15) is 0 Å². The molecular formula is C9H10N2S. The molecule has 0 bridgehead atoms. The Bertz CT molecular complexity index is 336. The molecule has 0 aromatic rings. The highest BCUT2D eigenvalue weighted by atomic mass is 32.2. The fourth-order valence-electron chi connectivity index (χ4n) is 1.18. The molecule has 2 aliphatic rings. The predicted octanol–water partition coefficient (Wildman–Crippen LogP) is 2.68. The highest BCUT2D eigenvalue weighted by molar-refractivity contribution is 8.16. The number of hydrogen-bond donors (Lipinski definition) is 0. The van der Waals surface area contributed by atoms with Crippen LogP contribution in [0.25, 0.3) is 0 Å². The summed E-state index contributed by atoms with van der Waals surface area (Å²) in [6.07, 6.45) is 2.00. The van der Waals surface area contributed by atoms with Crippen LogP contribution in [0.1, 0.15) is 13.8 Å². The minimum Gasteiger partial charge on any atom is -0.296 e. The summed E-state index contributed by atoms with van der Waals surface area (Å²) < 4.78 is 0. The summed E-state index contributed by atoms with van der Waals surface area (Å²) in [5.41, 5.74) is 3.28. The molecule has 0 saturated heterocycles. The van der Waals surface area contributed by atoms with Crippen LogP contribution in [-0.4, -0.2) is 10.1 Å². The van der Waals surface area contributed by atoms with E-state index >= 15 is 0 Å². The molecule has 0 radical (unpaired) electrons. The smallest absolute Gasteiger partial charge is 0.177 e. The minimum absolute atomic E-state index is 1.02. The second-order valence-electron chi connectivity index (χ2n) is 2.82. The molecule has 2 nitrogen and oxygen atoms in total. The zero-order valence-corrected chi connectivity index (χ0v) is 7.98. The summed E-state index contributed by atoms with van der Waals surface area (Å²) in [7, 11) is 0. The van der Waals surface area contributed by atoms with E-state index in [4.69, 9.17) is 0 Å². The first-order valence-electron chi connectivity index (χ1n) is 3.78. The van der Waals surface area contributed by atoms with E-state index in [1.54, 1.807) is 11.8 Å². The molecule has 0 aromatic carbocycles. The summed E-state index contributed by atoms with van der Waals surface area (Å²) in [6.45, 7) is 8.08. The maximum Gasteiger partial charge on any atom is 0.177 e. The molecule has 0 spiro atoms. The SMILES string of the molecule is C=C1C(C)=C(C)N=C2SC=CN12. The van der Waals surface area contributed by atoms with Crippen molar-refractivity contribution in [2.24, 2.45) is 4.99 Å². The third-order valence-electron chi connectivity index (χ3n) is 2.12. The van der Waals surface area contributed by atoms with E-state index in [9.17, 15) is 0 Å². The minimum atomic E-state index is 1.02. The van der Waals surface area contributed by atoms with Gasteiger partial charge < -0.3 is 0 Å². The third-order valence-corrected chi connectivity index (χ3v) is 2.88. The molecule has 2 heterocycles. The molecule has 0 unspecified atom stereocenters. The van der Waals surface area contributed by atoms with Crippen molar-refractivity contribution in [3.8, 4) is 0 Å². The van der Waals surface area contributed by atoms with E-state index in [0.717, 1.165) is 16.6 Å². The van der Waals surface area contributed by atoms with Gasteiger partial charge in [-0.05, 0) is 24.8 Å². The highest BCUT2D eigenvalue weighted by Gasteiger charge is 2.22. The molecule has 0 aliphatic carbocycles. The topological polar surface area (TPSA) is 15.6 Å². The van der Waals surface area contributed by atoms with Gasteiger partial charge in [0.15, 0.2) is 5.17 Å². The van der Waals surface area contributed by atoms with Gasteiger partial charge in [-0.3, -0.25) is 4.90 Å². The molecule has 0 amide bonds. The van der Waals surface area contributed by atoms with E-state index in [0.29, 0.717) is 0 Å². The quantitative estimate of drug-likeness (QED) is 0.566. The van der Waals surface area contributed by atoms with Crippen molar-refractivity contribution >= 4 is 16.9 Å². The van der Waals surface area contributed by atoms with Gasteiger partial charge >= 0.3 is 0 Å². The summed E-state index contributed by atoms with van der Waals surface area (Å²) in [6, 6.07) is 0. The van der Waals surface area contributed by atoms with Gasteiger partial charge in [-0.1, -0.05) is 18.3 Å². The van der Waals surface area contributed by atoms with E-state index in [1.165, 1.54) is 5.57 Å². The van der Waals surface area contributed by atoms with E-state index < -0.39 is 0 Å². The fourth-order valence-corrected chi connectivity index (χ4v) is 1.95. The van der Waals surface area contributed by atoms with E-state index in [-0.39, 0.29) is 0 Å². The number of allylic oxidation sites excluding steroid dienone is 2. The highest BCUT2D eigenvalue weighted by Crippen LogP contribution is 2.32. The monoisotopic (exact) mass is 178 g/mol. The number of amidine groups is 1. The van der Waals surface area contributed by atoms with Crippen LogP contribution >= 0.6 is 11.8 Å². The Labute approximate surface area is 76.4 Å². The van der Waals surface area contributed by atoms with Crippen LogP contribution in [0.2, 0.25) is 0 Å².